The molecule has 1 aliphatic heterocycles. The van der Waals surface area contributed by atoms with E-state index in [0.717, 1.165) is 16.7 Å². The summed E-state index contributed by atoms with van der Waals surface area (Å²) in [6, 6.07) is 7.41. The van der Waals surface area contributed by atoms with Gasteiger partial charge in [-0.05, 0) is 52.4 Å². The normalized spacial score (nSPS) is 13.9. The van der Waals surface area contributed by atoms with Crippen molar-refractivity contribution in [2.45, 2.75) is 6.42 Å². The van der Waals surface area contributed by atoms with Gasteiger partial charge in [-0.3, -0.25) is 0 Å². The molecule has 0 saturated heterocycles. The van der Waals surface area contributed by atoms with Crippen molar-refractivity contribution in [1.29, 1.82) is 0 Å². The lowest BCUT2D eigenvalue weighted by Crippen LogP contribution is -2.21. The summed E-state index contributed by atoms with van der Waals surface area (Å²) in [5.41, 5.74) is 1.00. The summed E-state index contributed by atoms with van der Waals surface area (Å²) in [6.07, 6.45) is 7.26. The van der Waals surface area contributed by atoms with Crippen molar-refractivity contribution in [3.63, 3.8) is 0 Å². The van der Waals surface area contributed by atoms with Crippen molar-refractivity contribution >= 4 is 22.9 Å². The van der Waals surface area contributed by atoms with E-state index in [1.54, 1.807) is 44.3 Å². The predicted molar refractivity (Wildman–Crippen MR) is 108 cm³/mol. The Balaban J connectivity index is 1.85. The number of hydrogen-bond acceptors (Lipinski definition) is 6. The van der Waals surface area contributed by atoms with Crippen LogP contribution in [0.15, 0.2) is 63.3 Å². The van der Waals surface area contributed by atoms with Crippen molar-refractivity contribution in [3.8, 4) is 17.6 Å². The highest BCUT2D eigenvalue weighted by Crippen LogP contribution is 2.24. The molecular formula is C21H19N3O4. The molecule has 7 heteroatoms. The Morgan fingerprint density at radius 1 is 1.36 bits per heavy atom. The molecule has 1 aliphatic rings. The van der Waals surface area contributed by atoms with Gasteiger partial charge in [-0.15, -0.1) is 0 Å². The summed E-state index contributed by atoms with van der Waals surface area (Å²) in [7, 11) is 5.21. The average molecular weight is 377 g/mol. The predicted octanol–water partition coefficient (Wildman–Crippen LogP) is 3.87. The third-order valence-electron chi connectivity index (χ3n) is 4.03. The van der Waals surface area contributed by atoms with E-state index in [-0.39, 0.29) is 11.4 Å². The molecule has 28 heavy (non-hydrogen) atoms. The Morgan fingerprint density at radius 2 is 2.18 bits per heavy atom. The lowest BCUT2D eigenvalue weighted by atomic mass is 10.2. The van der Waals surface area contributed by atoms with Gasteiger partial charge in [-0.25, -0.2) is 0 Å². The number of rotatable bonds is 3. The van der Waals surface area contributed by atoms with E-state index in [9.17, 15) is 10.1 Å². The van der Waals surface area contributed by atoms with Crippen LogP contribution in [0.4, 0.5) is 0 Å². The van der Waals surface area contributed by atoms with Crippen LogP contribution in [0.1, 0.15) is 12.2 Å². The van der Waals surface area contributed by atoms with E-state index in [1.165, 1.54) is 0 Å². The molecule has 1 aromatic carbocycles. The van der Waals surface area contributed by atoms with Gasteiger partial charge in [0.2, 0.25) is 5.84 Å². The van der Waals surface area contributed by atoms with Gasteiger partial charge in [0.15, 0.2) is 0 Å². The Morgan fingerprint density at radius 3 is 2.89 bits per heavy atom. The van der Waals surface area contributed by atoms with E-state index in [0.29, 0.717) is 18.0 Å². The topological polar surface area (TPSA) is 81.1 Å². The molecule has 2 heterocycles. The Bertz CT molecular complexity index is 1090. The second kappa shape index (κ2) is 8.27. The molecule has 0 spiro atoms. The number of fused-ring (bicyclic) bond motifs is 1. The fourth-order valence-electron chi connectivity index (χ4n) is 2.60. The van der Waals surface area contributed by atoms with Gasteiger partial charge in [0.25, 0.3) is 0 Å². The summed E-state index contributed by atoms with van der Waals surface area (Å²) >= 11 is 0. The van der Waals surface area contributed by atoms with E-state index in [4.69, 9.17) is 9.15 Å². The van der Waals surface area contributed by atoms with Crippen molar-refractivity contribution in [2.75, 3.05) is 21.2 Å². The third-order valence-corrected chi connectivity index (χ3v) is 4.03. The zero-order chi connectivity index (χ0) is 20.1. The van der Waals surface area contributed by atoms with Crippen LogP contribution in [0, 0.1) is 22.0 Å². The molecule has 7 nitrogen and oxygen atoms in total. The van der Waals surface area contributed by atoms with Crippen LogP contribution in [-0.2, 0) is 0 Å². The number of ether oxygens (including phenoxy) is 1. The highest BCUT2D eigenvalue weighted by Gasteiger charge is 2.20. The number of benzene rings is 1. The second-order valence-corrected chi connectivity index (χ2v) is 6.18. The molecule has 0 atom stereocenters. The molecule has 0 N–H and O–H groups in total. The van der Waals surface area contributed by atoms with Crippen molar-refractivity contribution in [1.82, 2.24) is 4.90 Å². The maximum Gasteiger partial charge on any atom is 0.381 e. The molecule has 0 unspecified atom stereocenters. The summed E-state index contributed by atoms with van der Waals surface area (Å²) in [5, 5.41) is 12.3. The summed E-state index contributed by atoms with van der Waals surface area (Å²) in [4.78, 5) is 16.7. The van der Waals surface area contributed by atoms with Crippen molar-refractivity contribution < 1.29 is 14.1 Å². The number of amidine groups is 1. The van der Waals surface area contributed by atoms with Gasteiger partial charge in [0.05, 0.1) is 7.11 Å². The smallest absolute Gasteiger partial charge is 0.381 e. The van der Waals surface area contributed by atoms with Crippen molar-refractivity contribution in [3.05, 3.63) is 69.8 Å². The largest absolute Gasteiger partial charge is 0.497 e. The number of methoxy groups -OCH3 is 1. The second-order valence-electron chi connectivity index (χ2n) is 6.18. The summed E-state index contributed by atoms with van der Waals surface area (Å²) in [5.74, 6) is 7.35. The molecule has 0 radical (unpaired) electrons. The molecule has 0 amide bonds. The molecule has 0 bridgehead atoms. The molecule has 1 aromatic heterocycles. The molecule has 0 fully saturated rings. The Kier molecular flexibility index (Phi) is 5.61. The minimum atomic E-state index is -0.514. The summed E-state index contributed by atoms with van der Waals surface area (Å²) in [6.45, 7) is 0. The minimum absolute atomic E-state index is 0.255. The first-order valence-corrected chi connectivity index (χ1v) is 8.53. The first-order chi connectivity index (χ1) is 13.5. The van der Waals surface area contributed by atoms with Gasteiger partial charge in [-0.1, -0.05) is 17.9 Å². The zero-order valence-electron chi connectivity index (χ0n) is 15.8. The monoisotopic (exact) mass is 377 g/mol. The van der Waals surface area contributed by atoms with Gasteiger partial charge in [0, 0.05) is 25.9 Å². The van der Waals surface area contributed by atoms with Gasteiger partial charge >= 0.3 is 5.82 Å². The standard InChI is InChI=1S/C21H19N3O4/c1-23(2)20-10-6-8-15(21(22-20)24(25)26)7-4-5-9-18-14-16-13-17(27-3)11-12-19(16)28-18/h5-6,8-9,11-14H,10H2,1-3H3/b9-5+. The lowest BCUT2D eigenvalue weighted by molar-refractivity contribution is -0.426. The quantitative estimate of drug-likeness (QED) is 0.461. The number of allylic oxidation sites excluding steroid dienone is 3. The molecule has 0 saturated carbocycles. The van der Waals surface area contributed by atoms with Crippen molar-refractivity contribution in [2.24, 2.45) is 4.99 Å². The molecule has 0 aliphatic carbocycles. The molecule has 2 aromatic rings. The van der Waals surface area contributed by atoms with Crippen LogP contribution in [0.2, 0.25) is 0 Å². The summed E-state index contributed by atoms with van der Waals surface area (Å²) < 4.78 is 10.9. The fraction of sp³-hybridized carbons (Fsp3) is 0.190. The number of nitrogens with zero attached hydrogens (tertiary/aromatic N) is 3. The molecule has 142 valence electrons. The third kappa shape index (κ3) is 4.30. The Hall–Kier alpha value is -3.79. The highest BCUT2D eigenvalue weighted by molar-refractivity contribution is 5.85. The Labute approximate surface area is 162 Å². The average Bonchev–Trinajstić information content (AvgIpc) is 2.94. The molecule has 3 rings (SSSR count). The van der Waals surface area contributed by atoms with Crippen LogP contribution in [0.25, 0.3) is 17.0 Å². The first-order valence-electron chi connectivity index (χ1n) is 8.53. The maximum absolute atomic E-state index is 11.4. The van der Waals surface area contributed by atoms with Crippen LogP contribution >= 0.6 is 0 Å². The fourth-order valence-corrected chi connectivity index (χ4v) is 2.60. The van der Waals surface area contributed by atoms with E-state index in [1.807, 2.05) is 30.3 Å². The highest BCUT2D eigenvalue weighted by atomic mass is 16.6. The minimum Gasteiger partial charge on any atom is -0.497 e. The first kappa shape index (κ1) is 19.0. The number of hydrogen-bond donors (Lipinski definition) is 0. The molecular weight excluding hydrogens is 358 g/mol. The SMILES string of the molecule is COc1ccc2oc(/C=C/C#CC3=C([N+](=O)[O-])N=C(N(C)C)CC=C3)cc2c1. The van der Waals surface area contributed by atoms with E-state index in [2.05, 4.69) is 16.8 Å². The lowest BCUT2D eigenvalue weighted by Gasteiger charge is -2.08. The van der Waals surface area contributed by atoms with Gasteiger partial charge < -0.3 is 24.2 Å². The van der Waals surface area contributed by atoms with Crippen LogP contribution < -0.4 is 4.74 Å². The van der Waals surface area contributed by atoms with Gasteiger partial charge in [-0.2, -0.15) is 0 Å². The van der Waals surface area contributed by atoms with Gasteiger partial charge in [0.1, 0.15) is 22.7 Å². The zero-order valence-corrected chi connectivity index (χ0v) is 15.8. The van der Waals surface area contributed by atoms with Crippen LogP contribution in [0.5, 0.6) is 5.75 Å². The maximum atomic E-state index is 11.4. The number of nitro groups is 1. The van der Waals surface area contributed by atoms with Crippen LogP contribution in [0.3, 0.4) is 0 Å². The number of furan rings is 1. The number of aliphatic imine (C=N–C) groups is 1. The van der Waals surface area contributed by atoms with E-state index >= 15 is 0 Å². The van der Waals surface area contributed by atoms with E-state index < -0.39 is 4.92 Å². The van der Waals surface area contributed by atoms with Crippen LogP contribution in [-0.4, -0.2) is 36.9 Å².